The molecule has 2 rings (SSSR count). The molecule has 98 valence electrons. The van der Waals surface area contributed by atoms with Crippen LogP contribution in [-0.4, -0.2) is 5.78 Å². The molecule has 0 amide bonds. The van der Waals surface area contributed by atoms with Gasteiger partial charge in [0, 0.05) is 19.9 Å². The summed E-state index contributed by atoms with van der Waals surface area (Å²) in [6.45, 7) is 4.15. The minimum Gasteiger partial charge on any atom is -0.294 e. The molecule has 18 heavy (non-hydrogen) atoms. The summed E-state index contributed by atoms with van der Waals surface area (Å²) in [6.07, 6.45) is 5.65. The van der Waals surface area contributed by atoms with Crippen LogP contribution >= 0.6 is 31.9 Å². The third-order valence-electron chi connectivity index (χ3n) is 4.00. The van der Waals surface area contributed by atoms with Crippen molar-refractivity contribution in [2.24, 2.45) is 5.41 Å². The summed E-state index contributed by atoms with van der Waals surface area (Å²) in [7, 11) is 0. The number of halogens is 2. The molecule has 0 atom stereocenters. The SMILES string of the molecule is Cc1cc(Br)c(C(=O)C2(C)CCCCC2)cc1Br. The molecule has 1 fully saturated rings. The average molecular weight is 374 g/mol. The smallest absolute Gasteiger partial charge is 0.169 e. The first kappa shape index (κ1) is 14.3. The van der Waals surface area contributed by atoms with E-state index in [0.29, 0.717) is 0 Å². The second-order valence-corrected chi connectivity index (χ2v) is 7.24. The van der Waals surface area contributed by atoms with Crippen LogP contribution in [0.15, 0.2) is 21.1 Å². The zero-order valence-corrected chi connectivity index (χ0v) is 14.0. The quantitative estimate of drug-likeness (QED) is 0.610. The molecule has 0 heterocycles. The highest BCUT2D eigenvalue weighted by molar-refractivity contribution is 9.11. The molecule has 0 aromatic heterocycles. The van der Waals surface area contributed by atoms with Crippen LogP contribution in [0.4, 0.5) is 0 Å². The van der Waals surface area contributed by atoms with Gasteiger partial charge in [-0.2, -0.15) is 0 Å². The monoisotopic (exact) mass is 372 g/mol. The van der Waals surface area contributed by atoms with Gasteiger partial charge in [0.25, 0.3) is 0 Å². The van der Waals surface area contributed by atoms with Crippen LogP contribution in [0.5, 0.6) is 0 Å². The van der Waals surface area contributed by atoms with Crippen LogP contribution in [0.1, 0.15) is 54.9 Å². The largest absolute Gasteiger partial charge is 0.294 e. The predicted molar refractivity (Wildman–Crippen MR) is 82.1 cm³/mol. The maximum Gasteiger partial charge on any atom is 0.169 e. The van der Waals surface area contributed by atoms with Crippen molar-refractivity contribution in [2.45, 2.75) is 46.0 Å². The zero-order chi connectivity index (χ0) is 13.3. The Balaban J connectivity index is 2.36. The van der Waals surface area contributed by atoms with E-state index < -0.39 is 0 Å². The maximum atomic E-state index is 12.8. The summed E-state index contributed by atoms with van der Waals surface area (Å²) < 4.78 is 1.92. The molecule has 1 aliphatic carbocycles. The summed E-state index contributed by atoms with van der Waals surface area (Å²) in [5, 5.41) is 0. The first-order valence-corrected chi connectivity index (χ1v) is 8.03. The molecule has 0 saturated heterocycles. The Morgan fingerprint density at radius 3 is 2.33 bits per heavy atom. The predicted octanol–water partition coefficient (Wildman–Crippen LogP) is 5.67. The van der Waals surface area contributed by atoms with Gasteiger partial charge in [0.15, 0.2) is 5.78 Å². The van der Waals surface area contributed by atoms with E-state index in [0.717, 1.165) is 32.9 Å². The minimum absolute atomic E-state index is 0.171. The molecule has 0 N–H and O–H groups in total. The van der Waals surface area contributed by atoms with E-state index in [1.807, 2.05) is 19.1 Å². The van der Waals surface area contributed by atoms with Crippen LogP contribution < -0.4 is 0 Å². The molecule has 0 spiro atoms. The second-order valence-electron chi connectivity index (χ2n) is 5.53. The Labute approximate surface area is 126 Å². The van der Waals surface area contributed by atoms with Gasteiger partial charge in [-0.15, -0.1) is 0 Å². The van der Waals surface area contributed by atoms with Crippen LogP contribution in [0.3, 0.4) is 0 Å². The van der Waals surface area contributed by atoms with E-state index >= 15 is 0 Å². The Bertz CT molecular complexity index is 474. The van der Waals surface area contributed by atoms with Crippen molar-refractivity contribution in [1.29, 1.82) is 0 Å². The molecule has 1 aromatic rings. The average Bonchev–Trinajstić information content (AvgIpc) is 2.34. The number of rotatable bonds is 2. The van der Waals surface area contributed by atoms with Crippen LogP contribution in [-0.2, 0) is 0 Å². The molecular weight excluding hydrogens is 356 g/mol. The van der Waals surface area contributed by atoms with Crippen LogP contribution in [0.25, 0.3) is 0 Å². The third kappa shape index (κ3) is 2.72. The van der Waals surface area contributed by atoms with Crippen molar-refractivity contribution < 1.29 is 4.79 Å². The number of hydrogen-bond donors (Lipinski definition) is 0. The summed E-state index contributed by atoms with van der Waals surface area (Å²) in [5.74, 6) is 0.287. The first-order chi connectivity index (χ1) is 8.44. The van der Waals surface area contributed by atoms with Crippen LogP contribution in [0.2, 0.25) is 0 Å². The van der Waals surface area contributed by atoms with Gasteiger partial charge in [0.2, 0.25) is 0 Å². The third-order valence-corrected chi connectivity index (χ3v) is 5.51. The van der Waals surface area contributed by atoms with Gasteiger partial charge < -0.3 is 0 Å². The fourth-order valence-corrected chi connectivity index (χ4v) is 3.69. The van der Waals surface area contributed by atoms with Gasteiger partial charge in [0.1, 0.15) is 0 Å². The van der Waals surface area contributed by atoms with Gasteiger partial charge >= 0.3 is 0 Å². The molecule has 0 radical (unpaired) electrons. The lowest BCUT2D eigenvalue weighted by molar-refractivity contribution is 0.0748. The molecule has 1 aromatic carbocycles. The van der Waals surface area contributed by atoms with E-state index in [9.17, 15) is 4.79 Å². The molecule has 0 aliphatic heterocycles. The lowest BCUT2D eigenvalue weighted by atomic mass is 9.71. The molecule has 1 nitrogen and oxygen atoms in total. The minimum atomic E-state index is -0.171. The van der Waals surface area contributed by atoms with Gasteiger partial charge in [-0.3, -0.25) is 4.79 Å². The van der Waals surface area contributed by atoms with E-state index in [1.54, 1.807) is 0 Å². The fourth-order valence-electron chi connectivity index (χ4n) is 2.70. The number of ketones is 1. The first-order valence-electron chi connectivity index (χ1n) is 6.44. The van der Waals surface area contributed by atoms with E-state index in [1.165, 1.54) is 19.3 Å². The van der Waals surface area contributed by atoms with Crippen molar-refractivity contribution >= 4 is 37.6 Å². The fraction of sp³-hybridized carbons (Fsp3) is 0.533. The topological polar surface area (TPSA) is 17.1 Å². The van der Waals surface area contributed by atoms with Gasteiger partial charge in [-0.25, -0.2) is 0 Å². The number of benzene rings is 1. The summed E-state index contributed by atoms with van der Waals surface area (Å²) in [5.41, 5.74) is 1.79. The standard InChI is InChI=1S/C15H18Br2O/c1-10-8-13(17)11(9-12(10)16)14(18)15(2)6-4-3-5-7-15/h8-9H,3-7H2,1-2H3. The lowest BCUT2D eigenvalue weighted by Gasteiger charge is -2.32. The van der Waals surface area contributed by atoms with E-state index in [2.05, 4.69) is 38.8 Å². The van der Waals surface area contributed by atoms with Gasteiger partial charge in [-0.1, -0.05) is 58.0 Å². The molecule has 3 heteroatoms. The lowest BCUT2D eigenvalue weighted by Crippen LogP contribution is -2.30. The molecule has 1 aliphatic rings. The molecule has 0 unspecified atom stereocenters. The van der Waals surface area contributed by atoms with E-state index in [-0.39, 0.29) is 11.2 Å². The Hall–Kier alpha value is -0.150. The zero-order valence-electron chi connectivity index (χ0n) is 10.9. The summed E-state index contributed by atoms with van der Waals surface area (Å²) in [4.78, 5) is 12.8. The molecule has 0 bridgehead atoms. The van der Waals surface area contributed by atoms with E-state index in [4.69, 9.17) is 0 Å². The summed E-state index contributed by atoms with van der Waals surface area (Å²) in [6, 6.07) is 3.98. The Morgan fingerprint density at radius 2 is 1.72 bits per heavy atom. The van der Waals surface area contributed by atoms with Crippen LogP contribution in [0, 0.1) is 12.3 Å². The van der Waals surface area contributed by atoms with Crippen molar-refractivity contribution in [1.82, 2.24) is 0 Å². The number of carbonyl (C=O) groups is 1. The van der Waals surface area contributed by atoms with Gasteiger partial charge in [-0.05, 0) is 37.5 Å². The number of Topliss-reactive ketones (excluding diaryl/α,β-unsaturated/α-hetero) is 1. The number of aryl methyl sites for hydroxylation is 1. The Kier molecular flexibility index (Phi) is 4.32. The highest BCUT2D eigenvalue weighted by Crippen LogP contribution is 2.40. The maximum absolute atomic E-state index is 12.8. The van der Waals surface area contributed by atoms with Crippen molar-refractivity contribution in [2.75, 3.05) is 0 Å². The number of hydrogen-bond acceptors (Lipinski definition) is 1. The van der Waals surface area contributed by atoms with Crippen molar-refractivity contribution in [3.63, 3.8) is 0 Å². The highest BCUT2D eigenvalue weighted by atomic mass is 79.9. The van der Waals surface area contributed by atoms with Crippen molar-refractivity contribution in [3.8, 4) is 0 Å². The van der Waals surface area contributed by atoms with Crippen molar-refractivity contribution in [3.05, 3.63) is 32.2 Å². The molecule has 1 saturated carbocycles. The second kappa shape index (κ2) is 5.46. The highest BCUT2D eigenvalue weighted by Gasteiger charge is 2.35. The summed E-state index contributed by atoms with van der Waals surface area (Å²) >= 11 is 7.05. The Morgan fingerprint density at radius 1 is 1.11 bits per heavy atom. The normalized spacial score (nSPS) is 18.7. The van der Waals surface area contributed by atoms with Gasteiger partial charge in [0.05, 0.1) is 0 Å². The number of carbonyl (C=O) groups excluding carboxylic acids is 1. The molecular formula is C15H18Br2O.